The summed E-state index contributed by atoms with van der Waals surface area (Å²) < 4.78 is 5.82. The summed E-state index contributed by atoms with van der Waals surface area (Å²) in [7, 11) is 0. The van der Waals surface area contributed by atoms with Crippen molar-refractivity contribution in [3.8, 4) is 17.0 Å². The SMILES string of the molecule is C[C@@H]1CCCC[C@@H]1NC(=O)COc1ncnc2scc(-c3ccccc3)c12. The summed E-state index contributed by atoms with van der Waals surface area (Å²) in [5, 5.41) is 6.05. The van der Waals surface area contributed by atoms with Crippen LogP contribution >= 0.6 is 11.3 Å². The van der Waals surface area contributed by atoms with Gasteiger partial charge in [-0.2, -0.15) is 0 Å². The number of benzene rings is 1. The van der Waals surface area contributed by atoms with Crippen molar-refractivity contribution in [2.75, 3.05) is 6.61 Å². The second-order valence-electron chi connectivity index (χ2n) is 7.10. The first-order valence-corrected chi connectivity index (χ1v) is 10.3. The highest BCUT2D eigenvalue weighted by atomic mass is 32.1. The smallest absolute Gasteiger partial charge is 0.258 e. The summed E-state index contributed by atoms with van der Waals surface area (Å²) in [6.07, 6.45) is 6.15. The molecule has 0 aliphatic heterocycles. The zero-order chi connectivity index (χ0) is 18.6. The summed E-state index contributed by atoms with van der Waals surface area (Å²) in [6.45, 7) is 2.18. The van der Waals surface area contributed by atoms with E-state index in [4.69, 9.17) is 4.74 Å². The summed E-state index contributed by atoms with van der Waals surface area (Å²) >= 11 is 1.55. The second kappa shape index (κ2) is 8.05. The van der Waals surface area contributed by atoms with E-state index < -0.39 is 0 Å². The number of rotatable bonds is 5. The van der Waals surface area contributed by atoms with Gasteiger partial charge in [0.2, 0.25) is 5.88 Å². The Morgan fingerprint density at radius 3 is 2.85 bits per heavy atom. The van der Waals surface area contributed by atoms with E-state index in [0.29, 0.717) is 11.8 Å². The lowest BCUT2D eigenvalue weighted by Gasteiger charge is -2.29. The maximum Gasteiger partial charge on any atom is 0.258 e. The Morgan fingerprint density at radius 2 is 2.04 bits per heavy atom. The third-order valence-electron chi connectivity index (χ3n) is 5.22. The van der Waals surface area contributed by atoms with Crippen LogP contribution in [0.2, 0.25) is 0 Å². The molecule has 0 unspecified atom stereocenters. The Balaban J connectivity index is 1.50. The molecule has 1 amide bonds. The number of amides is 1. The van der Waals surface area contributed by atoms with E-state index in [1.54, 1.807) is 11.3 Å². The molecule has 1 aromatic carbocycles. The lowest BCUT2D eigenvalue weighted by Crippen LogP contribution is -2.43. The largest absolute Gasteiger partial charge is 0.467 e. The molecule has 2 aromatic heterocycles. The Kier molecular flexibility index (Phi) is 5.34. The van der Waals surface area contributed by atoms with E-state index in [1.165, 1.54) is 25.6 Å². The first kappa shape index (κ1) is 17.9. The number of carbonyl (C=O) groups excluding carboxylic acids is 1. The van der Waals surface area contributed by atoms with Gasteiger partial charge in [-0.1, -0.05) is 50.1 Å². The molecule has 27 heavy (non-hydrogen) atoms. The molecular formula is C21H23N3O2S. The first-order chi connectivity index (χ1) is 13.2. The first-order valence-electron chi connectivity index (χ1n) is 9.42. The zero-order valence-electron chi connectivity index (χ0n) is 15.4. The molecule has 2 atom stereocenters. The van der Waals surface area contributed by atoms with Crippen molar-refractivity contribution >= 4 is 27.5 Å². The fraction of sp³-hybridized carbons (Fsp3) is 0.381. The number of ether oxygens (including phenoxy) is 1. The van der Waals surface area contributed by atoms with E-state index in [1.807, 2.05) is 18.2 Å². The van der Waals surface area contributed by atoms with Crippen LogP contribution in [0.3, 0.4) is 0 Å². The average Bonchev–Trinajstić information content (AvgIpc) is 3.14. The van der Waals surface area contributed by atoms with Gasteiger partial charge in [-0.25, -0.2) is 9.97 Å². The normalized spacial score (nSPS) is 19.7. The molecule has 0 spiro atoms. The van der Waals surface area contributed by atoms with Crippen molar-refractivity contribution < 1.29 is 9.53 Å². The predicted octanol–water partition coefficient (Wildman–Crippen LogP) is 4.43. The van der Waals surface area contributed by atoms with Gasteiger partial charge in [-0.3, -0.25) is 4.79 Å². The van der Waals surface area contributed by atoms with Gasteiger partial charge in [0.25, 0.3) is 5.91 Å². The molecule has 0 radical (unpaired) electrons. The van der Waals surface area contributed by atoms with Gasteiger partial charge in [0.1, 0.15) is 11.2 Å². The number of aromatic nitrogens is 2. The standard InChI is InChI=1S/C21H23N3O2S/c1-14-7-5-6-10-17(14)24-18(25)11-26-20-19-16(15-8-3-2-4-9-15)12-27-21(19)23-13-22-20/h2-4,8-9,12-14,17H,5-7,10-11H2,1H3,(H,24,25)/t14-,17+/m1/s1. The number of nitrogens with one attached hydrogen (secondary N) is 1. The summed E-state index contributed by atoms with van der Waals surface area (Å²) in [4.78, 5) is 21.9. The van der Waals surface area contributed by atoms with Crippen LogP contribution < -0.4 is 10.1 Å². The van der Waals surface area contributed by atoms with Crippen LogP contribution in [0.25, 0.3) is 21.3 Å². The van der Waals surface area contributed by atoms with Gasteiger partial charge in [-0.15, -0.1) is 11.3 Å². The number of nitrogens with zero attached hydrogens (tertiary/aromatic N) is 2. The molecule has 0 saturated heterocycles. The Bertz CT molecular complexity index is 926. The van der Waals surface area contributed by atoms with Crippen molar-refractivity contribution in [2.45, 2.75) is 38.6 Å². The molecule has 1 N–H and O–H groups in total. The number of hydrogen-bond acceptors (Lipinski definition) is 5. The van der Waals surface area contributed by atoms with Crippen LogP contribution in [-0.4, -0.2) is 28.5 Å². The average molecular weight is 382 g/mol. The maximum absolute atomic E-state index is 12.4. The number of fused-ring (bicyclic) bond motifs is 1. The van der Waals surface area contributed by atoms with Crippen molar-refractivity contribution in [2.24, 2.45) is 5.92 Å². The van der Waals surface area contributed by atoms with Crippen LogP contribution in [0, 0.1) is 5.92 Å². The van der Waals surface area contributed by atoms with Gasteiger partial charge in [0.05, 0.1) is 5.39 Å². The number of thiophene rings is 1. The van der Waals surface area contributed by atoms with Crippen LogP contribution in [0.5, 0.6) is 5.88 Å². The lowest BCUT2D eigenvalue weighted by atomic mass is 9.86. The number of hydrogen-bond donors (Lipinski definition) is 1. The Morgan fingerprint density at radius 1 is 1.22 bits per heavy atom. The molecule has 5 nitrogen and oxygen atoms in total. The quantitative estimate of drug-likeness (QED) is 0.710. The monoisotopic (exact) mass is 381 g/mol. The van der Waals surface area contributed by atoms with E-state index in [0.717, 1.165) is 27.8 Å². The van der Waals surface area contributed by atoms with Gasteiger partial charge >= 0.3 is 0 Å². The third-order valence-corrected chi connectivity index (χ3v) is 6.10. The van der Waals surface area contributed by atoms with Gasteiger partial charge in [0, 0.05) is 17.0 Å². The van der Waals surface area contributed by atoms with Crippen LogP contribution in [0.4, 0.5) is 0 Å². The number of carbonyl (C=O) groups is 1. The topological polar surface area (TPSA) is 64.1 Å². The molecule has 1 saturated carbocycles. The van der Waals surface area contributed by atoms with Crippen LogP contribution in [0.15, 0.2) is 42.0 Å². The van der Waals surface area contributed by atoms with Crippen LogP contribution in [-0.2, 0) is 4.79 Å². The van der Waals surface area contributed by atoms with E-state index in [-0.39, 0.29) is 18.6 Å². The molecule has 3 aromatic rings. The highest BCUT2D eigenvalue weighted by Crippen LogP contribution is 2.37. The predicted molar refractivity (Wildman–Crippen MR) is 108 cm³/mol. The molecule has 6 heteroatoms. The van der Waals surface area contributed by atoms with Gasteiger partial charge < -0.3 is 10.1 Å². The van der Waals surface area contributed by atoms with Gasteiger partial charge in [0.15, 0.2) is 6.61 Å². The molecule has 1 fully saturated rings. The summed E-state index contributed by atoms with van der Waals surface area (Å²) in [5.74, 6) is 0.902. The fourth-order valence-electron chi connectivity index (χ4n) is 3.70. The molecule has 1 aliphatic carbocycles. The minimum Gasteiger partial charge on any atom is -0.467 e. The molecular weight excluding hydrogens is 358 g/mol. The van der Waals surface area contributed by atoms with Crippen molar-refractivity contribution in [3.05, 3.63) is 42.0 Å². The maximum atomic E-state index is 12.4. The van der Waals surface area contributed by atoms with E-state index in [9.17, 15) is 4.79 Å². The van der Waals surface area contributed by atoms with Crippen LogP contribution in [0.1, 0.15) is 32.6 Å². The molecule has 0 bridgehead atoms. The lowest BCUT2D eigenvalue weighted by molar-refractivity contribution is -0.124. The molecule has 1 aliphatic rings. The van der Waals surface area contributed by atoms with Crippen molar-refractivity contribution in [3.63, 3.8) is 0 Å². The highest BCUT2D eigenvalue weighted by Gasteiger charge is 2.23. The second-order valence-corrected chi connectivity index (χ2v) is 7.96. The highest BCUT2D eigenvalue weighted by molar-refractivity contribution is 7.17. The van der Waals surface area contributed by atoms with Crippen molar-refractivity contribution in [1.29, 1.82) is 0 Å². The van der Waals surface area contributed by atoms with E-state index in [2.05, 4.69) is 39.7 Å². The Labute approximate surface area is 162 Å². The van der Waals surface area contributed by atoms with Gasteiger partial charge in [-0.05, 0) is 24.3 Å². The zero-order valence-corrected chi connectivity index (χ0v) is 16.2. The molecule has 140 valence electrons. The van der Waals surface area contributed by atoms with Crippen molar-refractivity contribution in [1.82, 2.24) is 15.3 Å². The molecule has 4 rings (SSSR count). The van der Waals surface area contributed by atoms with E-state index >= 15 is 0 Å². The minimum atomic E-state index is -0.0861. The minimum absolute atomic E-state index is 0.0284. The Hall–Kier alpha value is -2.47. The summed E-state index contributed by atoms with van der Waals surface area (Å²) in [6, 6.07) is 10.3. The third kappa shape index (κ3) is 3.95. The fourth-order valence-corrected chi connectivity index (χ4v) is 4.61. The summed E-state index contributed by atoms with van der Waals surface area (Å²) in [5.41, 5.74) is 2.12. The molecule has 2 heterocycles.